The lowest BCUT2D eigenvalue weighted by Gasteiger charge is -2.18. The largest absolute Gasteiger partial charge is 0.395 e. The lowest BCUT2D eigenvalue weighted by molar-refractivity contribution is 0.304. The Balaban J connectivity index is 1.70. The molecule has 25 heavy (non-hydrogen) atoms. The molecule has 0 aliphatic carbocycles. The minimum absolute atomic E-state index is 0.148. The van der Waals surface area contributed by atoms with E-state index in [1.54, 1.807) is 12.4 Å². The fourth-order valence-corrected chi connectivity index (χ4v) is 2.73. The Kier molecular flexibility index (Phi) is 5.30. The second kappa shape index (κ2) is 7.81. The summed E-state index contributed by atoms with van der Waals surface area (Å²) in [7, 11) is 3.90. The molecule has 0 amide bonds. The summed E-state index contributed by atoms with van der Waals surface area (Å²) in [5.74, 6) is 0. The van der Waals surface area contributed by atoms with Gasteiger partial charge in [-0.3, -0.25) is 9.67 Å². The minimum Gasteiger partial charge on any atom is -0.395 e. The Morgan fingerprint density at radius 3 is 2.52 bits per heavy atom. The molecule has 1 aromatic carbocycles. The summed E-state index contributed by atoms with van der Waals surface area (Å²) >= 11 is 0. The number of benzene rings is 1. The van der Waals surface area contributed by atoms with Gasteiger partial charge in [0.15, 0.2) is 0 Å². The molecule has 3 aromatic rings. The van der Waals surface area contributed by atoms with Gasteiger partial charge in [0.05, 0.1) is 12.3 Å². The molecular weight excluding hydrogens is 314 g/mol. The first-order valence-corrected chi connectivity index (χ1v) is 8.26. The molecule has 0 atom stereocenters. The van der Waals surface area contributed by atoms with Gasteiger partial charge in [0.2, 0.25) is 0 Å². The van der Waals surface area contributed by atoms with E-state index in [9.17, 15) is 0 Å². The molecule has 3 rings (SSSR count). The van der Waals surface area contributed by atoms with Crippen LogP contribution in [0.1, 0.15) is 5.56 Å². The molecule has 0 fully saturated rings. The van der Waals surface area contributed by atoms with Crippen molar-refractivity contribution in [1.29, 1.82) is 0 Å². The van der Waals surface area contributed by atoms with Crippen molar-refractivity contribution < 1.29 is 5.11 Å². The van der Waals surface area contributed by atoms with Gasteiger partial charge in [0.25, 0.3) is 0 Å². The first kappa shape index (κ1) is 17.0. The van der Waals surface area contributed by atoms with E-state index < -0.39 is 0 Å². The van der Waals surface area contributed by atoms with Gasteiger partial charge in [-0.05, 0) is 36.4 Å². The number of rotatable bonds is 7. The summed E-state index contributed by atoms with van der Waals surface area (Å²) in [5.41, 5.74) is 5.30. The van der Waals surface area contributed by atoms with E-state index in [1.807, 2.05) is 66.3 Å². The van der Waals surface area contributed by atoms with Crippen molar-refractivity contribution in [1.82, 2.24) is 14.8 Å². The minimum atomic E-state index is 0.148. The highest BCUT2D eigenvalue weighted by Gasteiger charge is 2.10. The molecule has 0 aliphatic rings. The molecule has 0 radical (unpaired) electrons. The fourth-order valence-electron chi connectivity index (χ4n) is 2.73. The second-order valence-corrected chi connectivity index (χ2v) is 5.96. The van der Waals surface area contributed by atoms with Crippen molar-refractivity contribution in [3.8, 4) is 11.3 Å². The molecule has 2 heterocycles. The molecule has 0 saturated heterocycles. The van der Waals surface area contributed by atoms with Crippen LogP contribution in [0.2, 0.25) is 0 Å². The van der Waals surface area contributed by atoms with Gasteiger partial charge in [-0.2, -0.15) is 5.10 Å². The third kappa shape index (κ3) is 4.16. The molecule has 0 saturated carbocycles. The van der Waals surface area contributed by atoms with Crippen molar-refractivity contribution in [3.05, 3.63) is 60.6 Å². The number of aryl methyl sites for hydroxylation is 1. The normalized spacial score (nSPS) is 10.7. The first-order valence-electron chi connectivity index (χ1n) is 8.26. The summed E-state index contributed by atoms with van der Waals surface area (Å²) in [6.45, 7) is 1.46. The molecule has 0 spiro atoms. The number of nitrogens with one attached hydrogen (secondary N) is 1. The van der Waals surface area contributed by atoms with Crippen LogP contribution in [0.5, 0.6) is 0 Å². The highest BCUT2D eigenvalue weighted by Crippen LogP contribution is 2.23. The Morgan fingerprint density at radius 1 is 1.12 bits per heavy atom. The molecule has 0 aliphatic heterocycles. The highest BCUT2D eigenvalue weighted by molar-refractivity contribution is 5.63. The maximum atomic E-state index is 9.02. The van der Waals surface area contributed by atoms with Crippen LogP contribution in [-0.2, 0) is 13.6 Å². The predicted molar refractivity (Wildman–Crippen MR) is 101 cm³/mol. The van der Waals surface area contributed by atoms with E-state index in [4.69, 9.17) is 5.11 Å². The van der Waals surface area contributed by atoms with Crippen molar-refractivity contribution in [2.45, 2.75) is 6.54 Å². The summed E-state index contributed by atoms with van der Waals surface area (Å²) < 4.78 is 1.83. The third-order valence-electron chi connectivity index (χ3n) is 4.08. The zero-order valence-electron chi connectivity index (χ0n) is 14.6. The Bertz CT molecular complexity index is 798. The summed E-state index contributed by atoms with van der Waals surface area (Å²) in [4.78, 5) is 6.09. The van der Waals surface area contributed by atoms with Gasteiger partial charge in [0.1, 0.15) is 0 Å². The number of aromatic nitrogens is 3. The van der Waals surface area contributed by atoms with Gasteiger partial charge in [0, 0.05) is 68.3 Å². The third-order valence-corrected chi connectivity index (χ3v) is 4.08. The van der Waals surface area contributed by atoms with Crippen LogP contribution in [0.25, 0.3) is 11.3 Å². The molecule has 6 nitrogen and oxygen atoms in total. The van der Waals surface area contributed by atoms with Gasteiger partial charge >= 0.3 is 0 Å². The van der Waals surface area contributed by atoms with Crippen LogP contribution in [0, 0.1) is 0 Å². The zero-order valence-corrected chi connectivity index (χ0v) is 14.6. The summed E-state index contributed by atoms with van der Waals surface area (Å²) in [6.07, 6.45) is 5.60. The lowest BCUT2D eigenvalue weighted by Crippen LogP contribution is -2.20. The average molecular weight is 337 g/mol. The van der Waals surface area contributed by atoms with E-state index in [-0.39, 0.29) is 6.61 Å². The zero-order chi connectivity index (χ0) is 17.6. The van der Waals surface area contributed by atoms with Crippen LogP contribution in [0.3, 0.4) is 0 Å². The van der Waals surface area contributed by atoms with Gasteiger partial charge in [-0.25, -0.2) is 0 Å². The van der Waals surface area contributed by atoms with Crippen molar-refractivity contribution >= 4 is 11.4 Å². The average Bonchev–Trinajstić information content (AvgIpc) is 3.02. The van der Waals surface area contributed by atoms with E-state index in [2.05, 4.69) is 15.4 Å². The monoisotopic (exact) mass is 337 g/mol. The lowest BCUT2D eigenvalue weighted by atomic mass is 10.1. The fraction of sp³-hybridized carbons (Fsp3) is 0.263. The van der Waals surface area contributed by atoms with Crippen molar-refractivity contribution in [2.75, 3.05) is 30.4 Å². The molecule has 0 unspecified atom stereocenters. The van der Waals surface area contributed by atoms with Crippen LogP contribution >= 0.6 is 0 Å². The molecular formula is C19H23N5O. The highest BCUT2D eigenvalue weighted by atomic mass is 16.3. The number of likely N-dealkylation sites (N-methyl/N-ethyl adjacent to an activating group) is 1. The van der Waals surface area contributed by atoms with Gasteiger partial charge in [-0.15, -0.1) is 0 Å². The second-order valence-electron chi connectivity index (χ2n) is 5.96. The SMILES string of the molecule is CN(CCO)c1ccc(NCc2cn(C)nc2-c2ccncc2)cc1. The number of aliphatic hydroxyl groups excluding tert-OH is 1. The molecule has 6 heteroatoms. The van der Waals surface area contributed by atoms with Gasteiger partial charge in [-0.1, -0.05) is 0 Å². The Labute approximate surface area is 147 Å². The molecule has 2 aromatic heterocycles. The Morgan fingerprint density at radius 2 is 1.84 bits per heavy atom. The van der Waals surface area contributed by atoms with Crippen LogP contribution < -0.4 is 10.2 Å². The number of aliphatic hydroxyl groups is 1. The number of anilines is 2. The smallest absolute Gasteiger partial charge is 0.0973 e. The first-order chi connectivity index (χ1) is 12.2. The van der Waals surface area contributed by atoms with Crippen LogP contribution in [0.15, 0.2) is 55.0 Å². The van der Waals surface area contributed by atoms with E-state index in [0.29, 0.717) is 13.1 Å². The molecule has 130 valence electrons. The van der Waals surface area contributed by atoms with Crippen LogP contribution in [-0.4, -0.2) is 40.1 Å². The summed E-state index contributed by atoms with van der Waals surface area (Å²) in [6, 6.07) is 12.1. The molecule has 0 bridgehead atoms. The van der Waals surface area contributed by atoms with Crippen molar-refractivity contribution in [3.63, 3.8) is 0 Å². The summed E-state index contributed by atoms with van der Waals surface area (Å²) in [5, 5.41) is 17.0. The molecule has 2 N–H and O–H groups in total. The van der Waals surface area contributed by atoms with Crippen LogP contribution in [0.4, 0.5) is 11.4 Å². The number of pyridine rings is 1. The topological polar surface area (TPSA) is 66.2 Å². The Hall–Kier alpha value is -2.86. The van der Waals surface area contributed by atoms with E-state index >= 15 is 0 Å². The van der Waals surface area contributed by atoms with E-state index in [1.165, 1.54) is 0 Å². The van der Waals surface area contributed by atoms with E-state index in [0.717, 1.165) is 28.2 Å². The number of nitrogens with zero attached hydrogens (tertiary/aromatic N) is 4. The van der Waals surface area contributed by atoms with Gasteiger partial charge < -0.3 is 15.3 Å². The quantitative estimate of drug-likeness (QED) is 0.693. The standard InChI is InChI=1S/C19H23N5O/c1-23(11-12-25)18-5-3-17(4-6-18)21-13-16-14-24(2)22-19(16)15-7-9-20-10-8-15/h3-10,14,21,25H,11-13H2,1-2H3. The number of hydrogen-bond acceptors (Lipinski definition) is 5. The van der Waals surface area contributed by atoms with Crippen molar-refractivity contribution in [2.24, 2.45) is 7.05 Å². The maximum absolute atomic E-state index is 9.02. The predicted octanol–water partition coefficient (Wildman–Crippen LogP) is 2.52. The number of hydrogen-bond donors (Lipinski definition) is 2. The maximum Gasteiger partial charge on any atom is 0.0973 e.